The zero-order valence-corrected chi connectivity index (χ0v) is 18.7. The van der Waals surface area contributed by atoms with Gasteiger partial charge >= 0.3 is 0 Å². The maximum absolute atomic E-state index is 13.3. The summed E-state index contributed by atoms with van der Waals surface area (Å²) in [5.74, 6) is -0.231. The van der Waals surface area contributed by atoms with Crippen molar-refractivity contribution in [3.8, 4) is 0 Å². The Balaban J connectivity index is 1.94. The molecule has 9 heteroatoms. The molecule has 1 fully saturated rings. The second-order valence-electron chi connectivity index (χ2n) is 6.87. The van der Waals surface area contributed by atoms with Gasteiger partial charge in [0, 0.05) is 40.3 Å². The van der Waals surface area contributed by atoms with E-state index in [0.29, 0.717) is 33.7 Å². The fourth-order valence-corrected chi connectivity index (χ4v) is 5.24. The number of benzene rings is 2. The number of rotatable bonds is 6. The Morgan fingerprint density at radius 2 is 1.52 bits per heavy atom. The first kappa shape index (κ1) is 22.4. The normalized spacial score (nSPS) is 15.0. The van der Waals surface area contributed by atoms with Gasteiger partial charge in [0.15, 0.2) is 0 Å². The molecule has 0 radical (unpaired) electrons. The van der Waals surface area contributed by atoms with E-state index in [2.05, 4.69) is 0 Å². The Morgan fingerprint density at radius 1 is 0.931 bits per heavy atom. The lowest BCUT2D eigenvalue weighted by Crippen LogP contribution is -2.44. The summed E-state index contributed by atoms with van der Waals surface area (Å²) in [7, 11) is -3.97. The van der Waals surface area contributed by atoms with E-state index in [1.807, 2.05) is 0 Å². The Bertz CT molecular complexity index is 955. The quantitative estimate of drug-likeness (QED) is 0.600. The number of hydrogen-bond donors (Lipinski definition) is 0. The molecular formula is C20H21Cl3N2O3S. The SMILES string of the molecule is O=C(CN(Cc1c(Cl)cccc1Cl)S(=O)(=O)c1ccc(Cl)cc1)N1CCCCC1. The maximum Gasteiger partial charge on any atom is 0.243 e. The molecule has 1 aliphatic heterocycles. The average Bonchev–Trinajstić information content (AvgIpc) is 2.70. The van der Waals surface area contributed by atoms with Crippen molar-refractivity contribution in [1.82, 2.24) is 9.21 Å². The average molecular weight is 476 g/mol. The van der Waals surface area contributed by atoms with Crippen molar-refractivity contribution < 1.29 is 13.2 Å². The summed E-state index contributed by atoms with van der Waals surface area (Å²) in [4.78, 5) is 14.6. The van der Waals surface area contributed by atoms with Gasteiger partial charge in [0.05, 0.1) is 11.4 Å². The Morgan fingerprint density at radius 3 is 2.10 bits per heavy atom. The molecule has 0 saturated carbocycles. The van der Waals surface area contributed by atoms with Gasteiger partial charge in [-0.25, -0.2) is 8.42 Å². The lowest BCUT2D eigenvalue weighted by molar-refractivity contribution is -0.132. The van der Waals surface area contributed by atoms with E-state index in [-0.39, 0.29) is 23.9 Å². The minimum atomic E-state index is -3.97. The second kappa shape index (κ2) is 9.67. The van der Waals surface area contributed by atoms with Gasteiger partial charge in [-0.15, -0.1) is 0 Å². The molecule has 0 spiro atoms. The van der Waals surface area contributed by atoms with Crippen molar-refractivity contribution in [2.24, 2.45) is 0 Å². The Labute approximate surface area is 186 Å². The molecule has 0 bridgehead atoms. The molecule has 2 aromatic rings. The number of nitrogens with zero attached hydrogens (tertiary/aromatic N) is 2. The summed E-state index contributed by atoms with van der Waals surface area (Å²) >= 11 is 18.4. The van der Waals surface area contributed by atoms with Gasteiger partial charge in [-0.3, -0.25) is 4.79 Å². The first-order valence-electron chi connectivity index (χ1n) is 9.25. The summed E-state index contributed by atoms with van der Waals surface area (Å²) in [6.45, 7) is 0.886. The van der Waals surface area contributed by atoms with Crippen molar-refractivity contribution in [1.29, 1.82) is 0 Å². The lowest BCUT2D eigenvalue weighted by atomic mass is 10.1. The number of likely N-dealkylation sites (tertiary alicyclic amines) is 1. The van der Waals surface area contributed by atoms with Crippen LogP contribution in [-0.4, -0.2) is 43.2 Å². The van der Waals surface area contributed by atoms with Crippen molar-refractivity contribution in [3.05, 3.63) is 63.1 Å². The highest BCUT2D eigenvalue weighted by Crippen LogP contribution is 2.28. The van der Waals surface area contributed by atoms with Crippen molar-refractivity contribution in [2.75, 3.05) is 19.6 Å². The molecule has 0 N–H and O–H groups in total. The highest BCUT2D eigenvalue weighted by atomic mass is 35.5. The number of piperidine rings is 1. The monoisotopic (exact) mass is 474 g/mol. The molecule has 0 atom stereocenters. The third-order valence-electron chi connectivity index (χ3n) is 4.87. The van der Waals surface area contributed by atoms with E-state index in [1.165, 1.54) is 24.3 Å². The summed E-state index contributed by atoms with van der Waals surface area (Å²) in [5.41, 5.74) is 0.458. The summed E-state index contributed by atoms with van der Waals surface area (Å²) < 4.78 is 27.8. The summed E-state index contributed by atoms with van der Waals surface area (Å²) in [6.07, 6.45) is 2.92. The van der Waals surface area contributed by atoms with Gasteiger partial charge in [0.25, 0.3) is 0 Å². The predicted octanol–water partition coefficient (Wildman–Crippen LogP) is 4.85. The largest absolute Gasteiger partial charge is 0.342 e. The fourth-order valence-electron chi connectivity index (χ4n) is 3.24. The number of sulfonamides is 1. The number of hydrogen-bond acceptors (Lipinski definition) is 3. The molecule has 1 saturated heterocycles. The highest BCUT2D eigenvalue weighted by Gasteiger charge is 2.30. The smallest absolute Gasteiger partial charge is 0.243 e. The zero-order valence-electron chi connectivity index (χ0n) is 15.7. The van der Waals surface area contributed by atoms with Gasteiger partial charge in [0.1, 0.15) is 0 Å². The van der Waals surface area contributed by atoms with Gasteiger partial charge in [-0.1, -0.05) is 40.9 Å². The van der Waals surface area contributed by atoms with E-state index < -0.39 is 10.0 Å². The van der Waals surface area contributed by atoms with Gasteiger partial charge in [0.2, 0.25) is 15.9 Å². The van der Waals surface area contributed by atoms with Crippen LogP contribution in [0.1, 0.15) is 24.8 Å². The summed E-state index contributed by atoms with van der Waals surface area (Å²) in [6, 6.07) is 10.8. The number of carbonyl (C=O) groups is 1. The molecule has 0 aromatic heterocycles. The standard InChI is InChI=1S/C20H21Cl3N2O3S/c21-15-7-9-16(10-8-15)29(27,28)25(13-17-18(22)5-4-6-19(17)23)14-20(26)24-11-2-1-3-12-24/h4-10H,1-3,11-14H2. The maximum atomic E-state index is 13.3. The van der Waals surface area contributed by atoms with Crippen molar-refractivity contribution in [2.45, 2.75) is 30.7 Å². The van der Waals surface area contributed by atoms with E-state index in [9.17, 15) is 13.2 Å². The van der Waals surface area contributed by atoms with Crippen LogP contribution in [0.4, 0.5) is 0 Å². The first-order valence-corrected chi connectivity index (χ1v) is 11.8. The Kier molecular flexibility index (Phi) is 7.46. The predicted molar refractivity (Wildman–Crippen MR) is 116 cm³/mol. The lowest BCUT2D eigenvalue weighted by Gasteiger charge is -2.30. The second-order valence-corrected chi connectivity index (χ2v) is 10.1. The minimum Gasteiger partial charge on any atom is -0.342 e. The molecule has 1 aliphatic rings. The summed E-state index contributed by atoms with van der Waals surface area (Å²) in [5, 5.41) is 1.12. The number of amides is 1. The van der Waals surface area contributed by atoms with Crippen LogP contribution in [-0.2, 0) is 21.4 Å². The van der Waals surface area contributed by atoms with Crippen LogP contribution in [0, 0.1) is 0 Å². The van der Waals surface area contributed by atoms with E-state index in [0.717, 1.165) is 23.6 Å². The van der Waals surface area contributed by atoms with E-state index in [4.69, 9.17) is 34.8 Å². The minimum absolute atomic E-state index is 0.0523. The first-order chi connectivity index (χ1) is 13.8. The molecular weight excluding hydrogens is 455 g/mol. The molecule has 0 aliphatic carbocycles. The van der Waals surface area contributed by atoms with E-state index >= 15 is 0 Å². The topological polar surface area (TPSA) is 57.7 Å². The third-order valence-corrected chi connectivity index (χ3v) is 7.63. The van der Waals surface area contributed by atoms with Gasteiger partial charge in [-0.2, -0.15) is 4.31 Å². The van der Waals surface area contributed by atoms with Crippen LogP contribution in [0.25, 0.3) is 0 Å². The van der Waals surface area contributed by atoms with E-state index in [1.54, 1.807) is 23.1 Å². The van der Waals surface area contributed by atoms with Crippen molar-refractivity contribution in [3.63, 3.8) is 0 Å². The molecule has 156 valence electrons. The number of carbonyl (C=O) groups excluding carboxylic acids is 1. The van der Waals surface area contributed by atoms with Crippen LogP contribution in [0.3, 0.4) is 0 Å². The molecule has 29 heavy (non-hydrogen) atoms. The number of halogens is 3. The van der Waals surface area contributed by atoms with Gasteiger partial charge < -0.3 is 4.90 Å². The van der Waals surface area contributed by atoms with Crippen LogP contribution < -0.4 is 0 Å². The molecule has 3 rings (SSSR count). The molecule has 1 amide bonds. The molecule has 5 nitrogen and oxygen atoms in total. The molecule has 0 unspecified atom stereocenters. The van der Waals surface area contributed by atoms with Crippen LogP contribution >= 0.6 is 34.8 Å². The molecule has 2 aromatic carbocycles. The molecule has 1 heterocycles. The highest BCUT2D eigenvalue weighted by molar-refractivity contribution is 7.89. The third kappa shape index (κ3) is 5.44. The fraction of sp³-hybridized carbons (Fsp3) is 0.350. The zero-order chi connectivity index (χ0) is 21.0. The Hall–Kier alpha value is -1.31. The van der Waals surface area contributed by atoms with Crippen LogP contribution in [0.2, 0.25) is 15.1 Å². The van der Waals surface area contributed by atoms with Crippen LogP contribution in [0.15, 0.2) is 47.4 Å². The van der Waals surface area contributed by atoms with Gasteiger partial charge in [-0.05, 0) is 55.7 Å². The van der Waals surface area contributed by atoms with Crippen LogP contribution in [0.5, 0.6) is 0 Å². The van der Waals surface area contributed by atoms with Crippen molar-refractivity contribution >= 4 is 50.7 Å².